The fourth-order valence-electron chi connectivity index (χ4n) is 1.12. The molecule has 1 saturated heterocycles. The first kappa shape index (κ1) is 11.9. The van der Waals surface area contributed by atoms with Gasteiger partial charge in [-0.25, -0.2) is 0 Å². The Bertz CT molecular complexity index is 115. The minimum atomic E-state index is 0.123. The van der Waals surface area contributed by atoms with Crippen molar-refractivity contribution in [3.05, 3.63) is 12.7 Å². The molecule has 69 valence electrons. The summed E-state index contributed by atoms with van der Waals surface area (Å²) in [5.74, 6) is 0. The molecule has 1 fully saturated rings. The summed E-state index contributed by atoms with van der Waals surface area (Å²) in [6, 6.07) is 0. The summed E-state index contributed by atoms with van der Waals surface area (Å²) in [4.78, 5) is 0. The van der Waals surface area contributed by atoms with Gasteiger partial charge in [-0.05, 0) is 19.3 Å². The summed E-state index contributed by atoms with van der Waals surface area (Å²) in [5.41, 5.74) is 0. The van der Waals surface area contributed by atoms with E-state index in [-0.39, 0.29) is 5.22 Å². The van der Waals surface area contributed by atoms with Gasteiger partial charge in [0.15, 0.2) is 0 Å². The van der Waals surface area contributed by atoms with E-state index in [2.05, 4.69) is 16.0 Å². The summed E-state index contributed by atoms with van der Waals surface area (Å²) in [6.45, 7) is 4.71. The van der Waals surface area contributed by atoms with Gasteiger partial charge < -0.3 is 4.74 Å². The van der Waals surface area contributed by atoms with Crippen molar-refractivity contribution in [1.82, 2.24) is 0 Å². The van der Waals surface area contributed by atoms with E-state index in [0.717, 1.165) is 16.8 Å². The first-order valence-corrected chi connectivity index (χ1v) is 7.48. The Morgan fingerprint density at radius 3 is 2.45 bits per heavy atom. The van der Waals surface area contributed by atoms with Gasteiger partial charge in [0.2, 0.25) is 0 Å². The van der Waals surface area contributed by atoms with E-state index in [1.165, 1.54) is 19.3 Å². The van der Waals surface area contributed by atoms with E-state index >= 15 is 0 Å². The molecule has 0 aromatic carbocycles. The van der Waals surface area contributed by atoms with Crippen LogP contribution in [0.3, 0.4) is 0 Å². The molecule has 0 saturated carbocycles. The molecule has 0 radical (unpaired) electrons. The zero-order chi connectivity index (χ0) is 8.74. The van der Waals surface area contributed by atoms with Crippen molar-refractivity contribution < 1.29 is 23.5 Å². The molecule has 1 heterocycles. The Balaban J connectivity index is 0.000000461. The molecule has 0 bridgehead atoms. The van der Waals surface area contributed by atoms with Gasteiger partial charge in [-0.1, -0.05) is 6.08 Å². The summed E-state index contributed by atoms with van der Waals surface area (Å²) in [7, 11) is 5.70. The molecule has 4 heteroatoms. The van der Waals surface area contributed by atoms with E-state index in [0.29, 0.717) is 0 Å². The normalized spacial score (nSPS) is 30.5. The van der Waals surface area contributed by atoms with Crippen LogP contribution in [0.5, 0.6) is 0 Å². The minimum absolute atomic E-state index is 0.123. The average Bonchev–Trinajstić information content (AvgIpc) is 2.10. The van der Waals surface area contributed by atoms with Crippen molar-refractivity contribution in [2.75, 3.05) is 6.61 Å². The van der Waals surface area contributed by atoms with Crippen molar-refractivity contribution in [3.63, 3.8) is 0 Å². The first-order valence-electron chi connectivity index (χ1n) is 3.66. The molecule has 1 aliphatic rings. The van der Waals surface area contributed by atoms with Gasteiger partial charge in [-0.15, -0.1) is 6.58 Å². The van der Waals surface area contributed by atoms with Crippen molar-refractivity contribution in [2.45, 2.75) is 24.5 Å². The van der Waals surface area contributed by atoms with Crippen LogP contribution in [-0.4, -0.2) is 22.1 Å². The molecule has 0 aliphatic carbocycles. The molecule has 0 aromatic rings. The molecule has 0 N–H and O–H groups in total. The van der Waals surface area contributed by atoms with Crippen molar-refractivity contribution >= 4 is 19.7 Å². The third-order valence-electron chi connectivity index (χ3n) is 1.93. The van der Waals surface area contributed by atoms with Crippen molar-refractivity contribution in [3.8, 4) is 0 Å². The van der Waals surface area contributed by atoms with Gasteiger partial charge in [0.25, 0.3) is 0 Å². The second-order valence-electron chi connectivity index (χ2n) is 2.82. The van der Waals surface area contributed by atoms with E-state index in [1.54, 1.807) is 18.8 Å². The number of hydrogen-bond donors (Lipinski definition) is 0. The van der Waals surface area contributed by atoms with Crippen LogP contribution in [0.2, 0.25) is 0 Å². The van der Waals surface area contributed by atoms with E-state index in [1.807, 2.05) is 6.08 Å². The third kappa shape index (κ3) is 4.46. The molecular weight excluding hydrogens is 359 g/mol. The second kappa shape index (κ2) is 6.42. The van der Waals surface area contributed by atoms with Crippen LogP contribution < -0.4 is 0 Å². The Labute approximate surface area is 86.8 Å². The number of halogens is 1. The molecule has 0 aromatic heterocycles. The summed E-state index contributed by atoms with van der Waals surface area (Å²) in [5, 5.41) is 0.123. The number of hydrogen-bond acceptors (Lipinski definition) is 1. The summed E-state index contributed by atoms with van der Waals surface area (Å²) in [6.07, 6.45) is 5.72. The van der Waals surface area contributed by atoms with Gasteiger partial charge in [0.05, 0.1) is 5.22 Å². The van der Waals surface area contributed by atoms with Crippen LogP contribution in [-0.2, 0) is 23.5 Å². The van der Waals surface area contributed by atoms with Gasteiger partial charge in [0, 0.05) is 16.8 Å². The van der Waals surface area contributed by atoms with Gasteiger partial charge in [-0.2, -0.15) is 0 Å². The topological polar surface area (TPSA) is 9.23 Å². The Morgan fingerprint density at radius 2 is 2.18 bits per heavy atom. The van der Waals surface area contributed by atoms with E-state index < -0.39 is 0 Å². The van der Waals surface area contributed by atoms with E-state index in [4.69, 9.17) is 4.74 Å². The van der Waals surface area contributed by atoms with Crippen LogP contribution in [0.15, 0.2) is 12.7 Å². The molecule has 1 atom stereocenters. The Morgan fingerprint density at radius 1 is 1.55 bits per heavy atom. The molecule has 1 unspecified atom stereocenters. The van der Waals surface area contributed by atoms with Gasteiger partial charge in [0.1, 0.15) is 0 Å². The molecule has 0 spiro atoms. The summed E-state index contributed by atoms with van der Waals surface area (Å²) >= 11 is 1.61. The van der Waals surface area contributed by atoms with E-state index in [9.17, 15) is 0 Å². The molecule has 1 nitrogen and oxygen atoms in total. The van der Waals surface area contributed by atoms with Crippen molar-refractivity contribution in [1.29, 1.82) is 0 Å². The number of ether oxygens (including phenoxy) is 1. The maximum absolute atomic E-state index is 5.56. The Kier molecular flexibility index (Phi) is 6.94. The van der Waals surface area contributed by atoms with Gasteiger partial charge >= 0.3 is 28.2 Å². The predicted molar refractivity (Wildman–Crippen MR) is 48.5 cm³/mol. The second-order valence-corrected chi connectivity index (χ2v) is 4.52. The molecule has 11 heavy (non-hydrogen) atoms. The van der Waals surface area contributed by atoms with Gasteiger partial charge in [-0.3, -0.25) is 0 Å². The van der Waals surface area contributed by atoms with Crippen LogP contribution in [0, 0.1) is 0 Å². The fourth-order valence-corrected chi connectivity index (χ4v) is 1.67. The molecular formula is C7H14ClOPtSi. The molecule has 1 aliphatic heterocycles. The monoisotopic (exact) mass is 372 g/mol. The van der Waals surface area contributed by atoms with Crippen molar-refractivity contribution in [2.24, 2.45) is 0 Å². The standard InChI is InChI=1S/C7H14OSi.ClH.Pt/c1-2-7(9)5-3-4-6-8-7;;/h2H,1,3-6H2,9H3;1H;/q;;+1/p-1. The number of rotatable bonds is 1. The first-order chi connectivity index (χ1) is 5.27. The fraction of sp³-hybridized carbons (Fsp3) is 0.714. The van der Waals surface area contributed by atoms with Crippen LogP contribution >= 0.6 is 9.42 Å². The molecule has 0 amide bonds. The van der Waals surface area contributed by atoms with Crippen LogP contribution in [0.4, 0.5) is 0 Å². The molecule has 1 rings (SSSR count). The van der Waals surface area contributed by atoms with Crippen LogP contribution in [0.25, 0.3) is 0 Å². The predicted octanol–water partition coefficient (Wildman–Crippen LogP) is 1.12. The average molecular weight is 373 g/mol. The quantitative estimate of drug-likeness (QED) is 0.495. The summed E-state index contributed by atoms with van der Waals surface area (Å²) < 4.78 is 5.56. The SMILES string of the molecule is C=CC1([SiH3])CCCCO1.[Cl][Pt]. The van der Waals surface area contributed by atoms with Crippen LogP contribution in [0.1, 0.15) is 19.3 Å². The third-order valence-corrected chi connectivity index (χ3v) is 3.13. The Hall–Kier alpha value is 0.895. The zero-order valence-corrected chi connectivity index (χ0v) is 11.7. The maximum atomic E-state index is 5.56. The zero-order valence-electron chi connectivity index (χ0n) is 6.72.